The lowest BCUT2D eigenvalue weighted by molar-refractivity contribution is -0.704. The molecular formula is C33H57N2+. The van der Waals surface area contributed by atoms with Crippen molar-refractivity contribution in [2.75, 3.05) is 0 Å². The zero-order valence-electron chi connectivity index (χ0n) is 23.5. The maximum atomic E-state index is 2.54. The fourth-order valence-corrected chi connectivity index (χ4v) is 5.28. The molecule has 0 radical (unpaired) electrons. The first-order valence-corrected chi connectivity index (χ1v) is 15.5. The smallest absolute Gasteiger partial charge is 0.234 e. The average molecular weight is 482 g/mol. The third kappa shape index (κ3) is 13.9. The first kappa shape index (κ1) is 29.7. The highest BCUT2D eigenvalue weighted by molar-refractivity contribution is 5.15. The summed E-state index contributed by atoms with van der Waals surface area (Å²) in [6.07, 6.45) is 32.7. The fourth-order valence-electron chi connectivity index (χ4n) is 5.28. The second kappa shape index (κ2) is 20.6. The molecule has 1 aromatic carbocycles. The second-order valence-corrected chi connectivity index (χ2v) is 10.8. The number of aryl methyl sites for hydroxylation is 1. The minimum Gasteiger partial charge on any atom is -0.234 e. The van der Waals surface area contributed by atoms with E-state index >= 15 is 0 Å². The molecule has 0 aliphatic heterocycles. The van der Waals surface area contributed by atoms with Gasteiger partial charge in [0.05, 0.1) is 6.54 Å². The Labute approximate surface area is 218 Å². The van der Waals surface area contributed by atoms with Crippen molar-refractivity contribution in [2.24, 2.45) is 0 Å². The van der Waals surface area contributed by atoms with Crippen LogP contribution in [0.5, 0.6) is 0 Å². The molecule has 2 heteroatoms. The number of rotatable bonds is 23. The largest absolute Gasteiger partial charge is 0.256 e. The SMILES string of the molecule is CCCCCCCCCCCCCCCCCc1n(Cc2ccccc2)cc[n+]1CCCCCC. The van der Waals surface area contributed by atoms with Crippen LogP contribution in [-0.2, 0) is 19.5 Å². The molecule has 1 aromatic heterocycles. The Bertz CT molecular complexity index is 718. The Balaban J connectivity index is 1.60. The summed E-state index contributed by atoms with van der Waals surface area (Å²) in [5.74, 6) is 1.53. The van der Waals surface area contributed by atoms with Gasteiger partial charge >= 0.3 is 0 Å². The molecule has 2 aromatic rings. The first-order valence-electron chi connectivity index (χ1n) is 15.5. The molecule has 0 saturated heterocycles. The van der Waals surface area contributed by atoms with Crippen molar-refractivity contribution >= 4 is 0 Å². The van der Waals surface area contributed by atoms with Crippen LogP contribution in [0.3, 0.4) is 0 Å². The molecule has 1 heterocycles. The Kier molecular flexibility index (Phi) is 17.5. The summed E-state index contributed by atoms with van der Waals surface area (Å²) >= 11 is 0. The zero-order valence-corrected chi connectivity index (χ0v) is 23.5. The number of nitrogens with zero attached hydrogens (tertiary/aromatic N) is 2. The number of unbranched alkanes of at least 4 members (excludes halogenated alkanes) is 17. The summed E-state index contributed by atoms with van der Waals surface area (Å²) in [7, 11) is 0. The van der Waals surface area contributed by atoms with Crippen LogP contribution in [0.2, 0.25) is 0 Å². The third-order valence-electron chi connectivity index (χ3n) is 7.54. The van der Waals surface area contributed by atoms with Gasteiger partial charge in [0, 0.05) is 6.42 Å². The normalized spacial score (nSPS) is 11.4. The lowest BCUT2D eigenvalue weighted by atomic mass is 10.0. The number of benzene rings is 1. The van der Waals surface area contributed by atoms with Crippen LogP contribution < -0.4 is 4.57 Å². The molecule has 0 unspecified atom stereocenters. The molecular weight excluding hydrogens is 424 g/mol. The van der Waals surface area contributed by atoms with Gasteiger partial charge in [-0.1, -0.05) is 147 Å². The van der Waals surface area contributed by atoms with Crippen molar-refractivity contribution in [3.05, 3.63) is 54.1 Å². The summed E-state index contributed by atoms with van der Waals surface area (Å²) in [6, 6.07) is 10.9. The van der Waals surface area contributed by atoms with E-state index in [1.807, 2.05) is 0 Å². The van der Waals surface area contributed by atoms with E-state index in [1.165, 1.54) is 146 Å². The molecule has 198 valence electrons. The van der Waals surface area contributed by atoms with Crippen LogP contribution in [0, 0.1) is 0 Å². The minimum atomic E-state index is 0.997. The predicted octanol–water partition coefficient (Wildman–Crippen LogP) is 9.82. The molecule has 0 aliphatic rings. The van der Waals surface area contributed by atoms with Gasteiger partial charge in [-0.2, -0.15) is 0 Å². The van der Waals surface area contributed by atoms with Crippen LogP contribution in [0.15, 0.2) is 42.7 Å². The van der Waals surface area contributed by atoms with Crippen LogP contribution in [0.25, 0.3) is 0 Å². The van der Waals surface area contributed by atoms with Crippen molar-refractivity contribution in [1.29, 1.82) is 0 Å². The maximum Gasteiger partial charge on any atom is 0.256 e. The number of hydrogen-bond acceptors (Lipinski definition) is 0. The Hall–Kier alpha value is -1.57. The topological polar surface area (TPSA) is 8.81 Å². The van der Waals surface area contributed by atoms with E-state index in [1.54, 1.807) is 0 Å². The van der Waals surface area contributed by atoms with Crippen LogP contribution in [-0.4, -0.2) is 4.57 Å². The molecule has 0 amide bonds. The number of aromatic nitrogens is 2. The summed E-state index contributed by atoms with van der Waals surface area (Å²) in [6.45, 7) is 6.77. The highest BCUT2D eigenvalue weighted by Crippen LogP contribution is 2.14. The van der Waals surface area contributed by atoms with Gasteiger partial charge in [0.2, 0.25) is 0 Å². The summed E-state index contributed by atoms with van der Waals surface area (Å²) in [5, 5.41) is 0. The van der Waals surface area contributed by atoms with E-state index in [2.05, 4.69) is 65.7 Å². The maximum absolute atomic E-state index is 2.54. The summed E-state index contributed by atoms with van der Waals surface area (Å²) < 4.78 is 5.04. The highest BCUT2D eigenvalue weighted by Gasteiger charge is 2.17. The lowest BCUT2D eigenvalue weighted by Crippen LogP contribution is -2.37. The zero-order chi connectivity index (χ0) is 24.8. The first-order chi connectivity index (χ1) is 17.3. The average Bonchev–Trinajstić information content (AvgIpc) is 3.25. The van der Waals surface area contributed by atoms with E-state index in [-0.39, 0.29) is 0 Å². The van der Waals surface area contributed by atoms with E-state index < -0.39 is 0 Å². The predicted molar refractivity (Wildman–Crippen MR) is 153 cm³/mol. The fraction of sp³-hybridized carbons (Fsp3) is 0.727. The molecule has 0 N–H and O–H groups in total. The van der Waals surface area contributed by atoms with Gasteiger partial charge in [-0.05, 0) is 24.8 Å². The molecule has 0 atom stereocenters. The van der Waals surface area contributed by atoms with Gasteiger partial charge in [-0.3, -0.25) is 0 Å². The highest BCUT2D eigenvalue weighted by atomic mass is 15.1. The Morgan fingerprint density at radius 1 is 0.571 bits per heavy atom. The monoisotopic (exact) mass is 481 g/mol. The van der Waals surface area contributed by atoms with Gasteiger partial charge < -0.3 is 0 Å². The third-order valence-corrected chi connectivity index (χ3v) is 7.54. The molecule has 0 aliphatic carbocycles. The molecule has 35 heavy (non-hydrogen) atoms. The van der Waals surface area contributed by atoms with Crippen molar-refractivity contribution in [3.63, 3.8) is 0 Å². The molecule has 2 rings (SSSR count). The molecule has 0 bridgehead atoms. The van der Waals surface area contributed by atoms with Gasteiger partial charge in [-0.15, -0.1) is 0 Å². The van der Waals surface area contributed by atoms with E-state index in [0.29, 0.717) is 0 Å². The number of hydrogen-bond donors (Lipinski definition) is 0. The Morgan fingerprint density at radius 3 is 1.60 bits per heavy atom. The van der Waals surface area contributed by atoms with Crippen molar-refractivity contribution < 1.29 is 4.57 Å². The minimum absolute atomic E-state index is 0.997. The van der Waals surface area contributed by atoms with Gasteiger partial charge in [0.1, 0.15) is 18.9 Å². The van der Waals surface area contributed by atoms with Crippen molar-refractivity contribution in [3.8, 4) is 0 Å². The van der Waals surface area contributed by atoms with Crippen LogP contribution in [0.4, 0.5) is 0 Å². The Morgan fingerprint density at radius 2 is 1.06 bits per heavy atom. The molecule has 2 nitrogen and oxygen atoms in total. The standard InChI is InChI=1S/C33H57N2/c1-3-5-7-9-10-11-12-13-14-15-16-17-18-19-23-27-33-34(28-24-8-6-4-2)29-30-35(33)31-32-25-21-20-22-26-32/h20-22,25-26,29-30H,3-19,23-24,27-28,31H2,1-2H3/q+1. The molecule has 0 saturated carbocycles. The van der Waals surface area contributed by atoms with Crippen LogP contribution in [0.1, 0.15) is 147 Å². The lowest BCUT2D eigenvalue weighted by Gasteiger charge is -2.07. The number of imidazole rings is 1. The van der Waals surface area contributed by atoms with E-state index in [9.17, 15) is 0 Å². The summed E-state index contributed by atoms with van der Waals surface area (Å²) in [4.78, 5) is 0. The second-order valence-electron chi connectivity index (χ2n) is 10.8. The summed E-state index contributed by atoms with van der Waals surface area (Å²) in [5.41, 5.74) is 1.40. The van der Waals surface area contributed by atoms with Gasteiger partial charge in [0.15, 0.2) is 0 Å². The van der Waals surface area contributed by atoms with Crippen molar-refractivity contribution in [2.45, 2.75) is 155 Å². The van der Waals surface area contributed by atoms with E-state index in [0.717, 1.165) is 6.54 Å². The van der Waals surface area contributed by atoms with Gasteiger partial charge in [-0.25, -0.2) is 9.13 Å². The van der Waals surface area contributed by atoms with Crippen LogP contribution >= 0.6 is 0 Å². The van der Waals surface area contributed by atoms with Gasteiger partial charge in [0.25, 0.3) is 5.82 Å². The quantitative estimate of drug-likeness (QED) is 0.110. The molecule has 0 spiro atoms. The van der Waals surface area contributed by atoms with Crippen molar-refractivity contribution in [1.82, 2.24) is 4.57 Å². The molecule has 0 fully saturated rings. The van der Waals surface area contributed by atoms with E-state index in [4.69, 9.17) is 0 Å².